The normalized spacial score (nSPS) is 16.8. The summed E-state index contributed by atoms with van der Waals surface area (Å²) in [6, 6.07) is 4.15. The van der Waals surface area contributed by atoms with Gasteiger partial charge in [0.25, 0.3) is 0 Å². The Morgan fingerprint density at radius 3 is 2.53 bits per heavy atom. The van der Waals surface area contributed by atoms with Gasteiger partial charge in [-0.2, -0.15) is 0 Å². The molecule has 2 rings (SSSR count). The minimum Gasteiger partial charge on any atom is -0.493 e. The highest BCUT2D eigenvalue weighted by Crippen LogP contribution is 2.38. The Morgan fingerprint density at radius 2 is 1.88 bits per heavy atom. The lowest BCUT2D eigenvalue weighted by molar-refractivity contribution is 0.354. The maximum absolute atomic E-state index is 5.61. The number of allylic oxidation sites excluding steroid dienone is 1. The van der Waals surface area contributed by atoms with Gasteiger partial charge < -0.3 is 15.2 Å². The zero-order valence-corrected chi connectivity index (χ0v) is 10.5. The van der Waals surface area contributed by atoms with E-state index in [1.807, 2.05) is 0 Å². The maximum Gasteiger partial charge on any atom is 0.161 e. The molecule has 1 aromatic rings. The predicted molar refractivity (Wildman–Crippen MR) is 69.5 cm³/mol. The minimum atomic E-state index is 0.586. The van der Waals surface area contributed by atoms with Crippen LogP contribution in [-0.2, 0) is 6.42 Å². The molecule has 3 nitrogen and oxygen atoms in total. The Morgan fingerprint density at radius 1 is 1.18 bits per heavy atom. The summed E-state index contributed by atoms with van der Waals surface area (Å²) in [6.45, 7) is 0.586. The minimum absolute atomic E-state index is 0.586. The highest BCUT2D eigenvalue weighted by Gasteiger charge is 2.17. The van der Waals surface area contributed by atoms with Crippen molar-refractivity contribution in [3.8, 4) is 11.5 Å². The standard InChI is InChI=1S/C14H19NO2/c1-16-13-8-11-5-3-4-10(6-7-15)12(11)9-14(13)17-2/h6,8-9H,3-5,7,15H2,1-2H3/b10-6-. The summed E-state index contributed by atoms with van der Waals surface area (Å²) in [5.41, 5.74) is 9.53. The smallest absolute Gasteiger partial charge is 0.161 e. The number of hydrogen-bond donors (Lipinski definition) is 1. The van der Waals surface area contributed by atoms with Gasteiger partial charge in [-0.15, -0.1) is 0 Å². The van der Waals surface area contributed by atoms with Crippen LogP contribution in [0.3, 0.4) is 0 Å². The van der Waals surface area contributed by atoms with E-state index in [1.54, 1.807) is 14.2 Å². The zero-order chi connectivity index (χ0) is 12.3. The molecule has 17 heavy (non-hydrogen) atoms. The van der Waals surface area contributed by atoms with Gasteiger partial charge in [0.15, 0.2) is 11.5 Å². The molecule has 0 radical (unpaired) electrons. The fourth-order valence-electron chi connectivity index (χ4n) is 2.39. The molecule has 0 saturated heterocycles. The monoisotopic (exact) mass is 233 g/mol. The molecule has 92 valence electrons. The summed E-state index contributed by atoms with van der Waals surface area (Å²) in [5.74, 6) is 1.59. The van der Waals surface area contributed by atoms with Gasteiger partial charge in [0.05, 0.1) is 14.2 Å². The fraction of sp³-hybridized carbons (Fsp3) is 0.429. The van der Waals surface area contributed by atoms with Crippen molar-refractivity contribution < 1.29 is 9.47 Å². The highest BCUT2D eigenvalue weighted by molar-refractivity contribution is 5.72. The maximum atomic E-state index is 5.61. The Balaban J connectivity index is 2.51. The lowest BCUT2D eigenvalue weighted by Crippen LogP contribution is -2.05. The molecule has 0 aromatic heterocycles. The molecule has 0 fully saturated rings. The summed E-state index contributed by atoms with van der Waals surface area (Å²) in [4.78, 5) is 0. The second kappa shape index (κ2) is 5.23. The van der Waals surface area contributed by atoms with E-state index in [0.717, 1.165) is 24.3 Å². The summed E-state index contributed by atoms with van der Waals surface area (Å²) >= 11 is 0. The van der Waals surface area contributed by atoms with Crippen LogP contribution >= 0.6 is 0 Å². The number of aryl methyl sites for hydroxylation is 1. The van der Waals surface area contributed by atoms with Crippen molar-refractivity contribution in [2.75, 3.05) is 20.8 Å². The first-order chi connectivity index (χ1) is 8.30. The molecular weight excluding hydrogens is 214 g/mol. The fourth-order valence-corrected chi connectivity index (χ4v) is 2.39. The van der Waals surface area contributed by atoms with Crippen LogP contribution < -0.4 is 15.2 Å². The SMILES string of the molecule is COc1cc2c(cc1OC)/C(=C\CN)CCC2. The zero-order valence-electron chi connectivity index (χ0n) is 10.5. The van der Waals surface area contributed by atoms with Crippen LogP contribution in [0, 0.1) is 0 Å². The summed E-state index contributed by atoms with van der Waals surface area (Å²) in [7, 11) is 3.34. The number of ether oxygens (including phenoxy) is 2. The van der Waals surface area contributed by atoms with Crippen LogP contribution in [0.1, 0.15) is 24.0 Å². The molecular formula is C14H19NO2. The highest BCUT2D eigenvalue weighted by atomic mass is 16.5. The van der Waals surface area contributed by atoms with Crippen molar-refractivity contribution in [2.24, 2.45) is 5.73 Å². The predicted octanol–water partition coefficient (Wildman–Crippen LogP) is 2.38. The van der Waals surface area contributed by atoms with Gasteiger partial charge in [-0.05, 0) is 48.1 Å². The number of fused-ring (bicyclic) bond motifs is 1. The van der Waals surface area contributed by atoms with Gasteiger partial charge in [-0.1, -0.05) is 6.08 Å². The average molecular weight is 233 g/mol. The van der Waals surface area contributed by atoms with E-state index in [1.165, 1.54) is 23.1 Å². The molecule has 0 heterocycles. The first kappa shape index (κ1) is 12.0. The van der Waals surface area contributed by atoms with E-state index in [4.69, 9.17) is 15.2 Å². The van der Waals surface area contributed by atoms with Crippen molar-refractivity contribution in [1.29, 1.82) is 0 Å². The third-order valence-corrected chi connectivity index (χ3v) is 3.21. The van der Waals surface area contributed by atoms with Crippen molar-refractivity contribution in [3.05, 3.63) is 29.3 Å². The lowest BCUT2D eigenvalue weighted by Gasteiger charge is -2.21. The number of rotatable bonds is 3. The summed E-state index contributed by atoms with van der Waals surface area (Å²) in [5, 5.41) is 0. The van der Waals surface area contributed by atoms with E-state index in [-0.39, 0.29) is 0 Å². The largest absolute Gasteiger partial charge is 0.493 e. The van der Waals surface area contributed by atoms with Gasteiger partial charge in [-0.25, -0.2) is 0 Å². The number of nitrogens with two attached hydrogens (primary N) is 1. The molecule has 0 amide bonds. The quantitative estimate of drug-likeness (QED) is 0.871. The van der Waals surface area contributed by atoms with Gasteiger partial charge in [0, 0.05) is 6.54 Å². The molecule has 2 N–H and O–H groups in total. The van der Waals surface area contributed by atoms with E-state index < -0.39 is 0 Å². The lowest BCUT2D eigenvalue weighted by atomic mass is 9.86. The van der Waals surface area contributed by atoms with Gasteiger partial charge in [-0.3, -0.25) is 0 Å². The summed E-state index contributed by atoms with van der Waals surface area (Å²) in [6.07, 6.45) is 5.47. The van der Waals surface area contributed by atoms with Crippen LogP contribution in [0.4, 0.5) is 0 Å². The molecule has 0 bridgehead atoms. The van der Waals surface area contributed by atoms with Crippen LogP contribution in [0.2, 0.25) is 0 Å². The molecule has 0 spiro atoms. The summed E-state index contributed by atoms with van der Waals surface area (Å²) < 4.78 is 10.7. The van der Waals surface area contributed by atoms with Crippen LogP contribution in [0.25, 0.3) is 5.57 Å². The molecule has 1 aromatic carbocycles. The average Bonchev–Trinajstić information content (AvgIpc) is 2.38. The van der Waals surface area contributed by atoms with Crippen molar-refractivity contribution in [1.82, 2.24) is 0 Å². The van der Waals surface area contributed by atoms with E-state index in [0.29, 0.717) is 6.54 Å². The Bertz CT molecular complexity index is 438. The Kier molecular flexibility index (Phi) is 3.69. The third-order valence-electron chi connectivity index (χ3n) is 3.21. The van der Waals surface area contributed by atoms with E-state index >= 15 is 0 Å². The van der Waals surface area contributed by atoms with Crippen LogP contribution in [-0.4, -0.2) is 20.8 Å². The molecule has 1 aliphatic carbocycles. The second-order valence-electron chi connectivity index (χ2n) is 4.18. The topological polar surface area (TPSA) is 44.5 Å². The third kappa shape index (κ3) is 2.29. The number of hydrogen-bond acceptors (Lipinski definition) is 3. The first-order valence-electron chi connectivity index (χ1n) is 5.94. The number of methoxy groups -OCH3 is 2. The first-order valence-corrected chi connectivity index (χ1v) is 5.94. The van der Waals surface area contributed by atoms with Gasteiger partial charge in [0.1, 0.15) is 0 Å². The molecule has 0 unspecified atom stereocenters. The van der Waals surface area contributed by atoms with Gasteiger partial charge >= 0.3 is 0 Å². The van der Waals surface area contributed by atoms with E-state index in [2.05, 4.69) is 18.2 Å². The van der Waals surface area contributed by atoms with Crippen molar-refractivity contribution in [2.45, 2.75) is 19.3 Å². The molecule has 3 heteroatoms. The number of benzene rings is 1. The molecule has 0 aliphatic heterocycles. The Hall–Kier alpha value is -1.48. The Labute approximate surface area is 102 Å². The van der Waals surface area contributed by atoms with Gasteiger partial charge in [0.2, 0.25) is 0 Å². The second-order valence-corrected chi connectivity index (χ2v) is 4.18. The van der Waals surface area contributed by atoms with Crippen LogP contribution in [0.15, 0.2) is 18.2 Å². The molecule has 1 aliphatic rings. The molecule has 0 atom stereocenters. The van der Waals surface area contributed by atoms with Crippen molar-refractivity contribution in [3.63, 3.8) is 0 Å². The molecule has 0 saturated carbocycles. The van der Waals surface area contributed by atoms with E-state index in [9.17, 15) is 0 Å². The van der Waals surface area contributed by atoms with Crippen molar-refractivity contribution >= 4 is 5.57 Å². The van der Waals surface area contributed by atoms with Crippen LogP contribution in [0.5, 0.6) is 11.5 Å².